The molecule has 3 heteroatoms. The summed E-state index contributed by atoms with van der Waals surface area (Å²) in [4.78, 5) is 4.16. The molecule has 0 heterocycles. The van der Waals surface area contributed by atoms with E-state index in [0.29, 0.717) is 3.28 Å². The van der Waals surface area contributed by atoms with Crippen molar-refractivity contribution in [2.75, 3.05) is 16.4 Å². The van der Waals surface area contributed by atoms with E-state index in [-0.39, 0.29) is 0 Å². The quantitative estimate of drug-likeness (QED) is 0.301. The zero-order valence-corrected chi connectivity index (χ0v) is 7.15. The standard InChI is InChI=1S/C4H12INO/c1-4-6(7)5(2)3/h6H,4H2,1-3H3. The Morgan fingerprint density at radius 3 is 2.00 bits per heavy atom. The fourth-order valence-corrected chi connectivity index (χ4v) is 1.79. The summed E-state index contributed by atoms with van der Waals surface area (Å²) in [6.45, 7) is 2.68. The van der Waals surface area contributed by atoms with Crippen LogP contribution in [-0.2, 0) is 0 Å². The molecule has 0 aromatic rings. The molecule has 2 nitrogen and oxygen atoms in total. The first kappa shape index (κ1) is 7.65. The number of nitrogens with one attached hydrogen (secondary N) is 1. The van der Waals surface area contributed by atoms with Gasteiger partial charge in [0.15, 0.2) is 0 Å². The molecule has 7 heavy (non-hydrogen) atoms. The molecule has 1 N–H and O–H groups in total. The van der Waals surface area contributed by atoms with Crippen molar-refractivity contribution in [2.24, 2.45) is 0 Å². The van der Waals surface area contributed by atoms with E-state index in [9.17, 15) is 5.21 Å². The first-order valence-corrected chi connectivity index (χ1v) is 7.60. The Kier molecular flexibility index (Phi) is 3.96. The molecule has 0 aromatic heterocycles. The van der Waals surface area contributed by atoms with Crippen molar-refractivity contribution in [3.8, 4) is 0 Å². The van der Waals surface area contributed by atoms with Gasteiger partial charge >= 0.3 is 51.9 Å². The minimum atomic E-state index is -1.05. The second-order valence-electron chi connectivity index (χ2n) is 1.46. The van der Waals surface area contributed by atoms with E-state index in [2.05, 4.69) is 9.86 Å². The average Bonchev–Trinajstić information content (AvgIpc) is 1.65. The van der Waals surface area contributed by atoms with Crippen molar-refractivity contribution < 1.29 is 3.28 Å². The molecule has 46 valence electrons. The van der Waals surface area contributed by atoms with Gasteiger partial charge in [-0.25, -0.2) is 0 Å². The topological polar surface area (TPSA) is 27.5 Å². The van der Waals surface area contributed by atoms with E-state index in [1.807, 2.05) is 6.92 Å². The zero-order valence-electron chi connectivity index (χ0n) is 4.99. The van der Waals surface area contributed by atoms with Gasteiger partial charge in [0.2, 0.25) is 0 Å². The van der Waals surface area contributed by atoms with E-state index in [1.165, 1.54) is 0 Å². The van der Waals surface area contributed by atoms with Gasteiger partial charge in [-0.2, -0.15) is 0 Å². The van der Waals surface area contributed by atoms with Crippen LogP contribution >= 0.6 is 20.1 Å². The van der Waals surface area contributed by atoms with Crippen molar-refractivity contribution in [3.63, 3.8) is 0 Å². The van der Waals surface area contributed by atoms with Crippen LogP contribution < -0.4 is 3.28 Å². The minimum absolute atomic E-state index is 0.504. The summed E-state index contributed by atoms with van der Waals surface area (Å²) in [5, 5.41) is 10.6. The number of alkyl halides is 2. The Morgan fingerprint density at radius 2 is 2.00 bits per heavy atom. The third kappa shape index (κ3) is 3.25. The van der Waals surface area contributed by atoms with Gasteiger partial charge in [-0.05, 0) is 0 Å². The van der Waals surface area contributed by atoms with Crippen LogP contribution in [0.4, 0.5) is 0 Å². The van der Waals surface area contributed by atoms with E-state index >= 15 is 0 Å². The van der Waals surface area contributed by atoms with E-state index in [0.717, 1.165) is 6.54 Å². The van der Waals surface area contributed by atoms with Crippen molar-refractivity contribution in [2.45, 2.75) is 6.92 Å². The molecule has 0 aliphatic rings. The maximum absolute atomic E-state index is 10.6. The Balaban J connectivity index is 3.14. The van der Waals surface area contributed by atoms with Crippen LogP contribution in [0.15, 0.2) is 0 Å². The molecule has 0 spiro atoms. The number of rotatable bonds is 2. The van der Waals surface area contributed by atoms with Gasteiger partial charge in [0.05, 0.1) is 0 Å². The fourth-order valence-electron chi connectivity index (χ4n) is 0.267. The van der Waals surface area contributed by atoms with Gasteiger partial charge < -0.3 is 0 Å². The van der Waals surface area contributed by atoms with Gasteiger partial charge in [0.1, 0.15) is 0 Å². The second kappa shape index (κ2) is 3.63. The Hall–Kier alpha value is 0.650. The molecule has 0 saturated heterocycles. The molecule has 0 fully saturated rings. The van der Waals surface area contributed by atoms with Crippen LogP contribution in [0.1, 0.15) is 6.92 Å². The zero-order chi connectivity index (χ0) is 5.86. The van der Waals surface area contributed by atoms with Crippen molar-refractivity contribution in [3.05, 3.63) is 5.21 Å². The number of hydrogen-bond acceptors (Lipinski definition) is 1. The summed E-state index contributed by atoms with van der Waals surface area (Å²) in [7, 11) is 0. The second-order valence-corrected chi connectivity index (χ2v) is 6.98. The maximum atomic E-state index is 10.6. The normalized spacial score (nSPS) is 16.3. The number of halogens is 1. The summed E-state index contributed by atoms with van der Waals surface area (Å²) in [5.41, 5.74) is 0. The summed E-state index contributed by atoms with van der Waals surface area (Å²) in [5.74, 6) is 0. The molecule has 0 bridgehead atoms. The SMILES string of the molecule is CC[NH+]([O-])I(C)C. The molecule has 0 aromatic carbocycles. The Morgan fingerprint density at radius 1 is 1.57 bits per heavy atom. The van der Waals surface area contributed by atoms with Gasteiger partial charge in [0, 0.05) is 0 Å². The van der Waals surface area contributed by atoms with Crippen molar-refractivity contribution in [1.82, 2.24) is 0 Å². The van der Waals surface area contributed by atoms with Crippen LogP contribution in [-0.4, -0.2) is 16.4 Å². The van der Waals surface area contributed by atoms with E-state index < -0.39 is 20.1 Å². The molecular weight excluding hydrogens is 205 g/mol. The molecule has 1 atom stereocenters. The predicted molar refractivity (Wildman–Crippen MR) is 40.7 cm³/mol. The van der Waals surface area contributed by atoms with Gasteiger partial charge in [-0.1, -0.05) is 0 Å². The monoisotopic (exact) mass is 217 g/mol. The first-order chi connectivity index (χ1) is 3.18. The molecular formula is C4H12INO. The van der Waals surface area contributed by atoms with Gasteiger partial charge in [0.25, 0.3) is 0 Å². The summed E-state index contributed by atoms with van der Waals surface area (Å²) in [6.07, 6.45) is 0. The molecule has 0 radical (unpaired) electrons. The summed E-state index contributed by atoms with van der Waals surface area (Å²) < 4.78 is 0.504. The molecule has 0 rings (SSSR count). The van der Waals surface area contributed by atoms with Crippen LogP contribution in [0.5, 0.6) is 0 Å². The number of hydroxylamine groups is 1. The summed E-state index contributed by atoms with van der Waals surface area (Å²) >= 11 is -1.05. The van der Waals surface area contributed by atoms with Gasteiger partial charge in [-0.15, -0.1) is 0 Å². The van der Waals surface area contributed by atoms with E-state index in [1.54, 1.807) is 0 Å². The van der Waals surface area contributed by atoms with E-state index in [4.69, 9.17) is 0 Å². The van der Waals surface area contributed by atoms with Crippen LogP contribution in [0.2, 0.25) is 0 Å². The van der Waals surface area contributed by atoms with Crippen LogP contribution in [0.3, 0.4) is 0 Å². The molecule has 1 unspecified atom stereocenters. The molecule has 0 aliphatic carbocycles. The summed E-state index contributed by atoms with van der Waals surface area (Å²) in [6, 6.07) is 0. The molecule has 0 aliphatic heterocycles. The van der Waals surface area contributed by atoms with Gasteiger partial charge in [-0.3, -0.25) is 0 Å². The predicted octanol–water partition coefficient (Wildman–Crippen LogP) is 0.0700. The number of hydrogen-bond donors (Lipinski definition) is 1. The Bertz CT molecular complexity index is 49.0. The average molecular weight is 217 g/mol. The molecule has 0 saturated carbocycles. The Labute approximate surface area is 52.2 Å². The molecule has 0 amide bonds. The van der Waals surface area contributed by atoms with Crippen LogP contribution in [0.25, 0.3) is 0 Å². The van der Waals surface area contributed by atoms with Crippen molar-refractivity contribution in [1.29, 1.82) is 0 Å². The number of quaternary nitrogens is 1. The van der Waals surface area contributed by atoms with Crippen molar-refractivity contribution >= 4 is 20.1 Å². The van der Waals surface area contributed by atoms with Crippen LogP contribution in [0, 0.1) is 5.21 Å². The third-order valence-corrected chi connectivity index (χ3v) is 3.87. The first-order valence-electron chi connectivity index (χ1n) is 2.21. The fraction of sp³-hybridized carbons (Fsp3) is 1.00. The third-order valence-electron chi connectivity index (χ3n) is 0.700.